The molecule has 1 aliphatic rings. The zero-order chi connectivity index (χ0) is 10.5. The fraction of sp³-hybridized carbons (Fsp3) is 0.545. The maximum Gasteiger partial charge on any atom is 0.0794 e. The molecule has 2 aromatic rings. The Morgan fingerprint density at radius 3 is 2.93 bits per heavy atom. The summed E-state index contributed by atoms with van der Waals surface area (Å²) < 4.78 is 7.36. The molecular weight excluding hydrogens is 224 g/mol. The monoisotopic (exact) mass is 238 g/mol. The van der Waals surface area contributed by atoms with Crippen molar-refractivity contribution in [3.63, 3.8) is 0 Å². The predicted octanol–water partition coefficient (Wildman–Crippen LogP) is 3.05. The molecule has 0 bridgehead atoms. The minimum Gasteiger partial charge on any atom is -0.330 e. The Morgan fingerprint density at radius 1 is 1.53 bits per heavy atom. The fourth-order valence-electron chi connectivity index (χ4n) is 2.34. The molecule has 80 valence electrons. The van der Waals surface area contributed by atoms with Crippen LogP contribution in [0.1, 0.15) is 29.8 Å². The number of rotatable bonds is 2. The van der Waals surface area contributed by atoms with Gasteiger partial charge in [-0.25, -0.2) is 0 Å². The molecule has 2 aromatic heterocycles. The van der Waals surface area contributed by atoms with E-state index >= 15 is 0 Å². The van der Waals surface area contributed by atoms with Crippen LogP contribution in [-0.2, 0) is 5.41 Å². The van der Waals surface area contributed by atoms with E-state index < -0.39 is 0 Å². The van der Waals surface area contributed by atoms with Crippen molar-refractivity contribution in [1.82, 2.24) is 4.37 Å². The molecule has 0 amide bonds. The zero-order valence-electron chi connectivity index (χ0n) is 8.75. The molecule has 3 rings (SSSR count). The Labute approximate surface area is 97.3 Å². The molecule has 0 radical (unpaired) electrons. The molecule has 1 fully saturated rings. The van der Waals surface area contributed by atoms with Crippen LogP contribution in [-0.4, -0.2) is 10.9 Å². The van der Waals surface area contributed by atoms with E-state index in [0.29, 0.717) is 0 Å². The lowest BCUT2D eigenvalue weighted by molar-refractivity contribution is 0.250. The quantitative estimate of drug-likeness (QED) is 0.873. The molecule has 15 heavy (non-hydrogen) atoms. The van der Waals surface area contributed by atoms with Gasteiger partial charge in [0, 0.05) is 16.8 Å². The third kappa shape index (κ3) is 1.28. The van der Waals surface area contributed by atoms with Gasteiger partial charge in [-0.2, -0.15) is 4.37 Å². The maximum absolute atomic E-state index is 5.93. The number of fused-ring (bicyclic) bond motifs is 1. The summed E-state index contributed by atoms with van der Waals surface area (Å²) in [6, 6.07) is 2.24. The summed E-state index contributed by atoms with van der Waals surface area (Å²) in [5, 5.41) is 0. The Morgan fingerprint density at radius 2 is 2.33 bits per heavy atom. The first kappa shape index (κ1) is 9.75. The highest BCUT2D eigenvalue weighted by molar-refractivity contribution is 7.25. The standard InChI is InChI=1S/C11H14N2S2/c1-7-5-8-9(14-7)10(13-15-8)11(6-12)3-2-4-11/h5H,2-4,6,12H2,1H3. The lowest BCUT2D eigenvalue weighted by Gasteiger charge is -2.39. The highest BCUT2D eigenvalue weighted by Crippen LogP contribution is 2.47. The number of aromatic nitrogens is 1. The van der Waals surface area contributed by atoms with E-state index in [4.69, 9.17) is 5.73 Å². The number of hydrogen-bond acceptors (Lipinski definition) is 4. The first-order valence-corrected chi connectivity index (χ1v) is 6.90. The van der Waals surface area contributed by atoms with E-state index in [9.17, 15) is 0 Å². The lowest BCUT2D eigenvalue weighted by atomic mass is 9.66. The maximum atomic E-state index is 5.93. The van der Waals surface area contributed by atoms with Gasteiger partial charge in [-0.1, -0.05) is 6.42 Å². The molecule has 0 aromatic carbocycles. The van der Waals surface area contributed by atoms with Gasteiger partial charge in [0.1, 0.15) is 0 Å². The van der Waals surface area contributed by atoms with Crippen LogP contribution in [0.5, 0.6) is 0 Å². The number of aryl methyl sites for hydroxylation is 1. The van der Waals surface area contributed by atoms with E-state index in [2.05, 4.69) is 17.4 Å². The van der Waals surface area contributed by atoms with Crippen LogP contribution in [0.15, 0.2) is 6.07 Å². The summed E-state index contributed by atoms with van der Waals surface area (Å²) in [6.07, 6.45) is 3.75. The second-order valence-electron chi connectivity index (χ2n) is 4.42. The minimum atomic E-state index is 0.218. The third-order valence-electron chi connectivity index (χ3n) is 3.48. The Kier molecular flexibility index (Phi) is 2.13. The first-order valence-electron chi connectivity index (χ1n) is 5.31. The third-order valence-corrected chi connectivity index (χ3v) is 5.45. The van der Waals surface area contributed by atoms with Gasteiger partial charge >= 0.3 is 0 Å². The second-order valence-corrected chi connectivity index (χ2v) is 6.48. The van der Waals surface area contributed by atoms with Crippen molar-refractivity contribution in [1.29, 1.82) is 0 Å². The molecule has 2 heterocycles. The summed E-state index contributed by atoms with van der Waals surface area (Å²) in [5.74, 6) is 0. The Balaban J connectivity index is 2.17. The number of thiophene rings is 1. The van der Waals surface area contributed by atoms with Crippen molar-refractivity contribution in [3.8, 4) is 0 Å². The summed E-state index contributed by atoms with van der Waals surface area (Å²) in [7, 11) is 0. The smallest absolute Gasteiger partial charge is 0.0794 e. The van der Waals surface area contributed by atoms with Gasteiger partial charge in [0.25, 0.3) is 0 Å². The molecule has 1 saturated carbocycles. The normalized spacial score (nSPS) is 19.3. The SMILES string of the molecule is Cc1cc2snc(C3(CN)CCC3)c2s1. The summed E-state index contributed by atoms with van der Waals surface area (Å²) in [5.41, 5.74) is 7.43. The van der Waals surface area contributed by atoms with Crippen molar-refractivity contribution in [3.05, 3.63) is 16.6 Å². The lowest BCUT2D eigenvalue weighted by Crippen LogP contribution is -2.41. The average Bonchev–Trinajstić information content (AvgIpc) is 2.65. The number of nitrogens with two attached hydrogens (primary N) is 1. The molecule has 0 saturated heterocycles. The number of hydrogen-bond donors (Lipinski definition) is 1. The van der Waals surface area contributed by atoms with Gasteiger partial charge in [0.15, 0.2) is 0 Å². The fourth-order valence-corrected chi connectivity index (χ4v) is 4.61. The van der Waals surface area contributed by atoms with Crippen LogP contribution in [0.2, 0.25) is 0 Å². The first-order chi connectivity index (χ1) is 7.25. The topological polar surface area (TPSA) is 38.9 Å². The predicted molar refractivity (Wildman–Crippen MR) is 66.8 cm³/mol. The van der Waals surface area contributed by atoms with Crippen LogP contribution in [0.3, 0.4) is 0 Å². The van der Waals surface area contributed by atoms with Crippen LogP contribution >= 0.6 is 22.9 Å². The molecule has 0 unspecified atom stereocenters. The van der Waals surface area contributed by atoms with E-state index in [1.807, 2.05) is 11.3 Å². The van der Waals surface area contributed by atoms with Crippen molar-refractivity contribution in [2.24, 2.45) is 5.73 Å². The van der Waals surface area contributed by atoms with Gasteiger partial charge < -0.3 is 5.73 Å². The molecule has 4 heteroatoms. The van der Waals surface area contributed by atoms with Gasteiger partial charge in [-0.05, 0) is 37.4 Å². The zero-order valence-corrected chi connectivity index (χ0v) is 10.4. The molecule has 2 N–H and O–H groups in total. The average molecular weight is 238 g/mol. The second kappa shape index (κ2) is 3.27. The molecule has 1 aliphatic carbocycles. The molecule has 0 atom stereocenters. The Hall–Kier alpha value is -0.450. The van der Waals surface area contributed by atoms with Crippen LogP contribution in [0.25, 0.3) is 9.40 Å². The van der Waals surface area contributed by atoms with Crippen molar-refractivity contribution in [2.45, 2.75) is 31.6 Å². The van der Waals surface area contributed by atoms with Gasteiger partial charge in [-0.3, -0.25) is 0 Å². The van der Waals surface area contributed by atoms with Gasteiger partial charge in [-0.15, -0.1) is 11.3 Å². The van der Waals surface area contributed by atoms with Crippen LogP contribution < -0.4 is 5.73 Å². The van der Waals surface area contributed by atoms with Crippen LogP contribution in [0, 0.1) is 6.92 Å². The highest BCUT2D eigenvalue weighted by atomic mass is 32.1. The molecule has 0 spiro atoms. The van der Waals surface area contributed by atoms with E-state index in [-0.39, 0.29) is 5.41 Å². The molecular formula is C11H14N2S2. The van der Waals surface area contributed by atoms with Crippen molar-refractivity contribution < 1.29 is 0 Å². The van der Waals surface area contributed by atoms with E-state index in [1.54, 1.807) is 11.5 Å². The van der Waals surface area contributed by atoms with E-state index in [0.717, 1.165) is 6.54 Å². The van der Waals surface area contributed by atoms with E-state index in [1.165, 1.54) is 39.2 Å². The Bertz CT molecular complexity index is 488. The van der Waals surface area contributed by atoms with Gasteiger partial charge in [0.05, 0.1) is 15.1 Å². The summed E-state index contributed by atoms with van der Waals surface area (Å²) in [6.45, 7) is 2.92. The van der Waals surface area contributed by atoms with Crippen molar-refractivity contribution >= 4 is 32.3 Å². The van der Waals surface area contributed by atoms with Crippen LogP contribution in [0.4, 0.5) is 0 Å². The molecule has 2 nitrogen and oxygen atoms in total. The summed E-state index contributed by atoms with van der Waals surface area (Å²) in [4.78, 5) is 1.38. The van der Waals surface area contributed by atoms with Crippen molar-refractivity contribution in [2.75, 3.05) is 6.54 Å². The highest BCUT2D eigenvalue weighted by Gasteiger charge is 2.40. The minimum absolute atomic E-state index is 0.218. The molecule has 0 aliphatic heterocycles. The summed E-state index contributed by atoms with van der Waals surface area (Å²) >= 11 is 3.50. The largest absolute Gasteiger partial charge is 0.330 e. The number of nitrogens with zero attached hydrogens (tertiary/aromatic N) is 1. The van der Waals surface area contributed by atoms with Gasteiger partial charge in [0.2, 0.25) is 0 Å².